The first kappa shape index (κ1) is 10.3. The van der Waals surface area contributed by atoms with Crippen molar-refractivity contribution < 1.29 is 4.79 Å². The van der Waals surface area contributed by atoms with Gasteiger partial charge in [-0.2, -0.15) is 11.8 Å². The highest BCUT2D eigenvalue weighted by molar-refractivity contribution is 7.99. The molecule has 1 aliphatic carbocycles. The normalized spacial score (nSPS) is 25.6. The van der Waals surface area contributed by atoms with Gasteiger partial charge in [-0.15, -0.1) is 0 Å². The molecule has 0 spiro atoms. The first-order valence-corrected chi connectivity index (χ1v) is 6.51. The third-order valence-corrected chi connectivity index (χ3v) is 4.26. The monoisotopic (exact) mass is 214 g/mol. The van der Waals surface area contributed by atoms with E-state index in [1.54, 1.807) is 0 Å². The molecule has 2 fully saturated rings. The van der Waals surface area contributed by atoms with E-state index in [1.807, 2.05) is 16.7 Å². The molecule has 1 saturated heterocycles. The van der Waals surface area contributed by atoms with Crippen LogP contribution in [0.1, 0.15) is 19.3 Å². The molecule has 1 amide bonds. The molecule has 0 aromatic rings. The van der Waals surface area contributed by atoms with E-state index in [9.17, 15) is 4.79 Å². The standard InChI is InChI=1S/C10H18N2OS/c11-8-10(2-3-10)9(13)12-4-1-6-14-7-5-12/h1-8,11H2. The van der Waals surface area contributed by atoms with Crippen LogP contribution >= 0.6 is 11.8 Å². The summed E-state index contributed by atoms with van der Waals surface area (Å²) in [6.45, 7) is 2.40. The van der Waals surface area contributed by atoms with E-state index in [2.05, 4.69) is 0 Å². The number of rotatable bonds is 2. The topological polar surface area (TPSA) is 46.3 Å². The van der Waals surface area contributed by atoms with Gasteiger partial charge in [0.25, 0.3) is 0 Å². The van der Waals surface area contributed by atoms with Crippen molar-refractivity contribution in [3.8, 4) is 0 Å². The summed E-state index contributed by atoms with van der Waals surface area (Å²) in [5, 5.41) is 0. The van der Waals surface area contributed by atoms with Gasteiger partial charge in [-0.25, -0.2) is 0 Å². The second-order valence-electron chi connectivity index (χ2n) is 4.24. The van der Waals surface area contributed by atoms with Crippen molar-refractivity contribution in [2.45, 2.75) is 19.3 Å². The van der Waals surface area contributed by atoms with Gasteiger partial charge in [0.1, 0.15) is 0 Å². The summed E-state index contributed by atoms with van der Waals surface area (Å²) in [5.41, 5.74) is 5.52. The van der Waals surface area contributed by atoms with Crippen molar-refractivity contribution in [1.82, 2.24) is 4.90 Å². The summed E-state index contributed by atoms with van der Waals surface area (Å²) in [6, 6.07) is 0. The fourth-order valence-corrected chi connectivity index (χ4v) is 2.83. The average molecular weight is 214 g/mol. The Bertz CT molecular complexity index is 220. The summed E-state index contributed by atoms with van der Waals surface area (Å²) in [7, 11) is 0. The van der Waals surface area contributed by atoms with Crippen LogP contribution < -0.4 is 5.73 Å². The highest BCUT2D eigenvalue weighted by atomic mass is 32.2. The van der Waals surface area contributed by atoms with Crippen molar-refractivity contribution in [2.75, 3.05) is 31.1 Å². The molecule has 0 aromatic heterocycles. The minimum atomic E-state index is -0.144. The summed E-state index contributed by atoms with van der Waals surface area (Å²) >= 11 is 1.95. The number of nitrogens with zero attached hydrogens (tertiary/aromatic N) is 1. The Balaban J connectivity index is 1.96. The van der Waals surface area contributed by atoms with Gasteiger partial charge in [-0.3, -0.25) is 4.79 Å². The number of amides is 1. The van der Waals surface area contributed by atoms with E-state index < -0.39 is 0 Å². The molecule has 80 valence electrons. The molecular weight excluding hydrogens is 196 g/mol. The van der Waals surface area contributed by atoms with Gasteiger partial charge < -0.3 is 10.6 Å². The van der Waals surface area contributed by atoms with Crippen molar-refractivity contribution in [2.24, 2.45) is 11.1 Å². The largest absolute Gasteiger partial charge is 0.341 e. The van der Waals surface area contributed by atoms with Crippen LogP contribution in [-0.4, -0.2) is 41.9 Å². The second kappa shape index (κ2) is 4.11. The lowest BCUT2D eigenvalue weighted by atomic mass is 10.1. The molecule has 2 aliphatic rings. The molecule has 0 aromatic carbocycles. The number of thioether (sulfide) groups is 1. The van der Waals surface area contributed by atoms with Crippen LogP contribution in [0.2, 0.25) is 0 Å². The maximum Gasteiger partial charge on any atom is 0.230 e. The Morgan fingerprint density at radius 2 is 2.14 bits per heavy atom. The SMILES string of the molecule is NCC1(C(=O)N2CCCSCC2)CC1. The lowest BCUT2D eigenvalue weighted by molar-refractivity contribution is -0.136. The van der Waals surface area contributed by atoms with Crippen LogP contribution in [0, 0.1) is 5.41 Å². The highest BCUT2D eigenvalue weighted by Crippen LogP contribution is 2.46. The predicted octanol–water partition coefficient (Wildman–Crippen LogP) is 0.691. The van der Waals surface area contributed by atoms with Crippen molar-refractivity contribution in [1.29, 1.82) is 0 Å². The average Bonchev–Trinajstić information content (AvgIpc) is 3.03. The molecule has 0 unspecified atom stereocenters. The van der Waals surface area contributed by atoms with Gasteiger partial charge in [0.05, 0.1) is 5.41 Å². The van der Waals surface area contributed by atoms with Gasteiger partial charge in [0.15, 0.2) is 0 Å². The summed E-state index contributed by atoms with van der Waals surface area (Å²) in [5.74, 6) is 2.61. The van der Waals surface area contributed by atoms with Crippen molar-refractivity contribution >= 4 is 17.7 Å². The summed E-state index contributed by atoms with van der Waals surface area (Å²) in [4.78, 5) is 14.1. The van der Waals surface area contributed by atoms with E-state index >= 15 is 0 Å². The molecule has 1 saturated carbocycles. The third kappa shape index (κ3) is 1.91. The van der Waals surface area contributed by atoms with E-state index in [0.717, 1.165) is 38.1 Å². The Kier molecular flexibility index (Phi) is 3.02. The fourth-order valence-electron chi connectivity index (χ4n) is 1.94. The first-order valence-electron chi connectivity index (χ1n) is 5.36. The minimum Gasteiger partial charge on any atom is -0.341 e. The Hall–Kier alpha value is -0.220. The number of carbonyl (C=O) groups is 1. The highest BCUT2D eigenvalue weighted by Gasteiger charge is 2.50. The van der Waals surface area contributed by atoms with Crippen LogP contribution in [0.3, 0.4) is 0 Å². The lowest BCUT2D eigenvalue weighted by Gasteiger charge is -2.24. The van der Waals surface area contributed by atoms with Gasteiger partial charge >= 0.3 is 0 Å². The van der Waals surface area contributed by atoms with Gasteiger partial charge in [0, 0.05) is 25.4 Å². The molecule has 3 nitrogen and oxygen atoms in total. The molecule has 14 heavy (non-hydrogen) atoms. The third-order valence-electron chi connectivity index (χ3n) is 3.21. The van der Waals surface area contributed by atoms with Crippen LogP contribution in [0.25, 0.3) is 0 Å². The van der Waals surface area contributed by atoms with E-state index in [0.29, 0.717) is 12.5 Å². The zero-order valence-corrected chi connectivity index (χ0v) is 9.31. The van der Waals surface area contributed by atoms with Gasteiger partial charge in [-0.05, 0) is 25.0 Å². The van der Waals surface area contributed by atoms with Crippen LogP contribution in [-0.2, 0) is 4.79 Å². The van der Waals surface area contributed by atoms with Crippen LogP contribution in [0.4, 0.5) is 0 Å². The van der Waals surface area contributed by atoms with E-state index in [1.165, 1.54) is 5.75 Å². The number of nitrogens with two attached hydrogens (primary N) is 1. The summed E-state index contributed by atoms with van der Waals surface area (Å²) in [6.07, 6.45) is 3.15. The molecule has 4 heteroatoms. The van der Waals surface area contributed by atoms with Gasteiger partial charge in [-0.1, -0.05) is 0 Å². The van der Waals surface area contributed by atoms with Crippen molar-refractivity contribution in [3.63, 3.8) is 0 Å². The Morgan fingerprint density at radius 3 is 2.79 bits per heavy atom. The molecule has 0 atom stereocenters. The maximum absolute atomic E-state index is 12.1. The molecule has 1 heterocycles. The zero-order valence-electron chi connectivity index (χ0n) is 8.50. The molecule has 2 rings (SSSR count). The molecule has 0 bridgehead atoms. The van der Waals surface area contributed by atoms with E-state index in [-0.39, 0.29) is 5.41 Å². The zero-order chi connectivity index (χ0) is 10.0. The maximum atomic E-state index is 12.1. The fraction of sp³-hybridized carbons (Fsp3) is 0.900. The minimum absolute atomic E-state index is 0.144. The molecule has 1 aliphatic heterocycles. The van der Waals surface area contributed by atoms with Crippen LogP contribution in [0.5, 0.6) is 0 Å². The quantitative estimate of drug-likeness (QED) is 0.735. The smallest absolute Gasteiger partial charge is 0.230 e. The van der Waals surface area contributed by atoms with E-state index in [4.69, 9.17) is 5.73 Å². The first-order chi connectivity index (χ1) is 6.78. The lowest BCUT2D eigenvalue weighted by Crippen LogP contribution is -2.41. The predicted molar refractivity (Wildman–Crippen MR) is 59.2 cm³/mol. The van der Waals surface area contributed by atoms with Crippen LogP contribution in [0.15, 0.2) is 0 Å². The van der Waals surface area contributed by atoms with Crippen molar-refractivity contribution in [3.05, 3.63) is 0 Å². The molecule has 0 radical (unpaired) electrons. The number of hydrogen-bond donors (Lipinski definition) is 1. The number of carbonyl (C=O) groups excluding carboxylic acids is 1. The second-order valence-corrected chi connectivity index (χ2v) is 5.47. The van der Waals surface area contributed by atoms with Gasteiger partial charge in [0.2, 0.25) is 5.91 Å². The molecule has 2 N–H and O–H groups in total. The summed E-state index contributed by atoms with van der Waals surface area (Å²) < 4.78 is 0. The number of hydrogen-bond acceptors (Lipinski definition) is 3. The Morgan fingerprint density at radius 1 is 1.36 bits per heavy atom. The molecular formula is C10H18N2OS. The Labute approximate surface area is 89.4 Å².